The van der Waals surface area contributed by atoms with Crippen LogP contribution in [0.4, 0.5) is 0 Å². The summed E-state index contributed by atoms with van der Waals surface area (Å²) in [5.41, 5.74) is 2.51. The Hall–Kier alpha value is -1.40. The first-order chi connectivity index (χ1) is 7.69. The molecule has 0 saturated carbocycles. The van der Waals surface area contributed by atoms with Crippen molar-refractivity contribution in [2.24, 2.45) is 0 Å². The van der Waals surface area contributed by atoms with Crippen molar-refractivity contribution in [1.82, 2.24) is 0 Å². The van der Waals surface area contributed by atoms with Crippen molar-refractivity contribution in [3.63, 3.8) is 0 Å². The summed E-state index contributed by atoms with van der Waals surface area (Å²) in [6, 6.07) is 3.64. The van der Waals surface area contributed by atoms with Crippen molar-refractivity contribution in [2.75, 3.05) is 5.75 Å². The molecule has 17 heavy (non-hydrogen) atoms. The van der Waals surface area contributed by atoms with E-state index in [4.69, 9.17) is 9.29 Å². The third-order valence-corrected chi connectivity index (χ3v) is 2.72. The molecule has 1 N–H and O–H groups in total. The van der Waals surface area contributed by atoms with Crippen LogP contribution in [0.2, 0.25) is 0 Å². The Morgan fingerprint density at radius 2 is 1.71 bits per heavy atom. The standard InChI is InChI=1S/C11H14O5S/c1-7-4-8(2)11(9(3)5-7)16-10(12)6-17(13,14)15/h4-5H,6H2,1-3H3,(H,13,14,15). The molecule has 1 rings (SSSR count). The molecule has 0 aromatic heterocycles. The zero-order chi connectivity index (χ0) is 13.2. The van der Waals surface area contributed by atoms with Gasteiger partial charge < -0.3 is 4.74 Å². The van der Waals surface area contributed by atoms with Gasteiger partial charge in [0.25, 0.3) is 10.1 Å². The van der Waals surface area contributed by atoms with Crippen LogP contribution in [0.5, 0.6) is 5.75 Å². The maximum atomic E-state index is 11.3. The van der Waals surface area contributed by atoms with Gasteiger partial charge in [0.05, 0.1) is 0 Å². The molecule has 0 heterocycles. The van der Waals surface area contributed by atoms with Crippen molar-refractivity contribution in [2.45, 2.75) is 20.8 Å². The number of ether oxygens (including phenoxy) is 1. The van der Waals surface area contributed by atoms with E-state index in [1.54, 1.807) is 13.8 Å². The molecule has 5 nitrogen and oxygen atoms in total. The Labute approximate surface area is 100 Å². The highest BCUT2D eigenvalue weighted by atomic mass is 32.2. The topological polar surface area (TPSA) is 80.7 Å². The van der Waals surface area contributed by atoms with Crippen molar-refractivity contribution in [3.8, 4) is 5.75 Å². The summed E-state index contributed by atoms with van der Waals surface area (Å²) in [6.07, 6.45) is 0. The van der Waals surface area contributed by atoms with Crippen LogP contribution in [0.1, 0.15) is 16.7 Å². The van der Waals surface area contributed by atoms with Crippen LogP contribution in [-0.4, -0.2) is 24.7 Å². The fourth-order valence-electron chi connectivity index (χ4n) is 1.62. The zero-order valence-corrected chi connectivity index (χ0v) is 10.7. The van der Waals surface area contributed by atoms with E-state index in [1.165, 1.54) is 0 Å². The first-order valence-corrected chi connectivity index (χ1v) is 6.53. The maximum absolute atomic E-state index is 11.3. The SMILES string of the molecule is Cc1cc(C)c(OC(=O)CS(=O)(=O)O)c(C)c1. The Kier molecular flexibility index (Phi) is 3.90. The van der Waals surface area contributed by atoms with E-state index in [9.17, 15) is 13.2 Å². The second-order valence-electron chi connectivity index (χ2n) is 3.93. The lowest BCUT2D eigenvalue weighted by Gasteiger charge is -2.10. The molecular formula is C11H14O5S. The van der Waals surface area contributed by atoms with Gasteiger partial charge in [0, 0.05) is 0 Å². The molecule has 0 bridgehead atoms. The van der Waals surface area contributed by atoms with Crippen LogP contribution in [0.3, 0.4) is 0 Å². The molecule has 0 amide bonds. The molecule has 0 unspecified atom stereocenters. The largest absolute Gasteiger partial charge is 0.425 e. The van der Waals surface area contributed by atoms with E-state index in [1.807, 2.05) is 19.1 Å². The van der Waals surface area contributed by atoms with Crippen LogP contribution < -0.4 is 4.74 Å². The molecule has 0 spiro atoms. The first-order valence-electron chi connectivity index (χ1n) is 4.93. The molecule has 0 radical (unpaired) electrons. The van der Waals surface area contributed by atoms with Gasteiger partial charge in [-0.25, -0.2) is 0 Å². The fourth-order valence-corrected chi connectivity index (χ4v) is 1.98. The lowest BCUT2D eigenvalue weighted by atomic mass is 10.1. The molecular weight excluding hydrogens is 244 g/mol. The highest BCUT2D eigenvalue weighted by Gasteiger charge is 2.17. The minimum absolute atomic E-state index is 0.337. The fraction of sp³-hybridized carbons (Fsp3) is 0.364. The third kappa shape index (κ3) is 4.16. The Morgan fingerprint density at radius 3 is 2.12 bits per heavy atom. The smallest absolute Gasteiger partial charge is 0.329 e. The predicted molar refractivity (Wildman–Crippen MR) is 62.7 cm³/mol. The normalized spacial score (nSPS) is 11.3. The molecule has 1 aromatic carbocycles. The summed E-state index contributed by atoms with van der Waals surface area (Å²) >= 11 is 0. The molecule has 94 valence electrons. The number of hydrogen-bond acceptors (Lipinski definition) is 4. The van der Waals surface area contributed by atoms with Gasteiger partial charge in [-0.15, -0.1) is 0 Å². The van der Waals surface area contributed by atoms with Gasteiger partial charge >= 0.3 is 5.97 Å². The minimum atomic E-state index is -4.35. The average Bonchev–Trinajstić information content (AvgIpc) is 2.08. The number of aryl methyl sites for hydroxylation is 3. The van der Waals surface area contributed by atoms with Crippen molar-refractivity contribution in [1.29, 1.82) is 0 Å². The van der Waals surface area contributed by atoms with E-state index in [-0.39, 0.29) is 0 Å². The number of hydrogen-bond donors (Lipinski definition) is 1. The highest BCUT2D eigenvalue weighted by molar-refractivity contribution is 7.86. The minimum Gasteiger partial charge on any atom is -0.425 e. The number of carbonyl (C=O) groups is 1. The monoisotopic (exact) mass is 258 g/mol. The van der Waals surface area contributed by atoms with E-state index < -0.39 is 21.8 Å². The van der Waals surface area contributed by atoms with E-state index >= 15 is 0 Å². The van der Waals surface area contributed by atoms with Crippen molar-refractivity contribution < 1.29 is 22.5 Å². The van der Waals surface area contributed by atoms with Crippen molar-refractivity contribution in [3.05, 3.63) is 28.8 Å². The molecule has 0 atom stereocenters. The summed E-state index contributed by atoms with van der Waals surface area (Å²) in [7, 11) is -4.35. The molecule has 0 fully saturated rings. The van der Waals surface area contributed by atoms with Crippen LogP contribution in [0.15, 0.2) is 12.1 Å². The molecule has 1 aromatic rings. The molecule has 0 aliphatic carbocycles. The quantitative estimate of drug-likeness (QED) is 0.503. The summed E-state index contributed by atoms with van der Waals surface area (Å²) < 4.78 is 34.5. The molecule has 0 aliphatic rings. The van der Waals surface area contributed by atoms with Crippen LogP contribution in [0, 0.1) is 20.8 Å². The van der Waals surface area contributed by atoms with Gasteiger partial charge in [0.15, 0.2) is 5.75 Å². The van der Waals surface area contributed by atoms with Crippen LogP contribution in [-0.2, 0) is 14.9 Å². The van der Waals surface area contributed by atoms with Crippen LogP contribution >= 0.6 is 0 Å². The predicted octanol–water partition coefficient (Wildman–Crippen LogP) is 1.41. The van der Waals surface area contributed by atoms with Crippen molar-refractivity contribution >= 4 is 16.1 Å². The highest BCUT2D eigenvalue weighted by Crippen LogP contribution is 2.24. The van der Waals surface area contributed by atoms with Gasteiger partial charge in [-0.3, -0.25) is 9.35 Å². The number of benzene rings is 1. The first kappa shape index (κ1) is 13.7. The summed E-state index contributed by atoms with van der Waals surface area (Å²) in [6.45, 7) is 5.43. The second kappa shape index (κ2) is 4.85. The van der Waals surface area contributed by atoms with Gasteiger partial charge in [-0.2, -0.15) is 8.42 Å². The van der Waals surface area contributed by atoms with Gasteiger partial charge in [-0.05, 0) is 31.9 Å². The molecule has 0 aliphatic heterocycles. The second-order valence-corrected chi connectivity index (χ2v) is 5.38. The van der Waals surface area contributed by atoms with E-state index in [0.29, 0.717) is 5.75 Å². The van der Waals surface area contributed by atoms with E-state index in [0.717, 1.165) is 16.7 Å². The maximum Gasteiger partial charge on any atom is 0.329 e. The Bertz CT molecular complexity index is 522. The van der Waals surface area contributed by atoms with Gasteiger partial charge in [-0.1, -0.05) is 17.7 Å². The summed E-state index contributed by atoms with van der Waals surface area (Å²) in [5, 5.41) is 0. The van der Waals surface area contributed by atoms with Crippen LogP contribution in [0.25, 0.3) is 0 Å². The lowest BCUT2D eigenvalue weighted by Crippen LogP contribution is -2.20. The average molecular weight is 258 g/mol. The summed E-state index contributed by atoms with van der Waals surface area (Å²) in [4.78, 5) is 11.3. The lowest BCUT2D eigenvalue weighted by molar-refractivity contribution is -0.131. The van der Waals surface area contributed by atoms with Gasteiger partial charge in [0.2, 0.25) is 0 Å². The third-order valence-electron chi connectivity index (χ3n) is 2.12. The molecule has 0 saturated heterocycles. The number of rotatable bonds is 3. The molecule has 6 heteroatoms. The Morgan fingerprint density at radius 1 is 1.24 bits per heavy atom. The zero-order valence-electron chi connectivity index (χ0n) is 9.85. The summed E-state index contributed by atoms with van der Waals surface area (Å²) in [5.74, 6) is -1.70. The van der Waals surface area contributed by atoms with Gasteiger partial charge in [0.1, 0.15) is 5.75 Å². The number of esters is 1. The Balaban J connectivity index is 2.93. The van der Waals surface area contributed by atoms with E-state index in [2.05, 4.69) is 0 Å². The number of carbonyl (C=O) groups excluding carboxylic acids is 1.